The summed E-state index contributed by atoms with van der Waals surface area (Å²) in [6, 6.07) is 7.11. The first-order valence-corrected chi connectivity index (χ1v) is 11.5. The minimum atomic E-state index is -0.350. The van der Waals surface area contributed by atoms with Gasteiger partial charge >= 0.3 is 5.97 Å². The number of hydrogen-bond donors (Lipinski definition) is 1. The van der Waals surface area contributed by atoms with Crippen molar-refractivity contribution in [1.82, 2.24) is 9.97 Å². The van der Waals surface area contributed by atoms with E-state index in [9.17, 15) is 4.79 Å². The third-order valence-electron chi connectivity index (χ3n) is 6.57. The van der Waals surface area contributed by atoms with E-state index < -0.39 is 0 Å². The monoisotopic (exact) mass is 436 g/mol. The topological polar surface area (TPSA) is 76.5 Å². The molecule has 0 fully saturated rings. The fraction of sp³-hybridized carbons (Fsp3) is 0.417. The summed E-state index contributed by atoms with van der Waals surface area (Å²) in [4.78, 5) is 23.0. The number of anilines is 1. The smallest absolute Gasteiger partial charge is 0.337 e. The van der Waals surface area contributed by atoms with Gasteiger partial charge in [0.2, 0.25) is 0 Å². The zero-order valence-electron chi connectivity index (χ0n) is 18.4. The van der Waals surface area contributed by atoms with Crippen LogP contribution in [0.1, 0.15) is 60.0 Å². The molecule has 0 unspecified atom stereocenters. The van der Waals surface area contributed by atoms with Crippen molar-refractivity contribution >= 4 is 39.6 Å². The van der Waals surface area contributed by atoms with Gasteiger partial charge in [0, 0.05) is 4.88 Å². The van der Waals surface area contributed by atoms with Crippen LogP contribution in [0, 0.1) is 11.3 Å². The first-order chi connectivity index (χ1) is 14.9. The van der Waals surface area contributed by atoms with Crippen LogP contribution in [0.4, 0.5) is 5.82 Å². The van der Waals surface area contributed by atoms with Gasteiger partial charge in [0.05, 0.1) is 24.3 Å². The SMILES string of the molecule is CCC(C)(C)[C@H]1CCc2sc3ncnc(N/N=C\c4ccc(C(=O)OC)cc4)c3c2C1. The molecule has 162 valence electrons. The van der Waals surface area contributed by atoms with Crippen LogP contribution in [0.5, 0.6) is 0 Å². The molecule has 1 N–H and O–H groups in total. The molecule has 1 atom stereocenters. The van der Waals surface area contributed by atoms with Crippen LogP contribution >= 0.6 is 11.3 Å². The lowest BCUT2D eigenvalue weighted by Gasteiger charge is -2.36. The molecular weight excluding hydrogens is 408 g/mol. The van der Waals surface area contributed by atoms with Gasteiger partial charge in [0.1, 0.15) is 11.2 Å². The molecule has 0 radical (unpaired) electrons. The summed E-state index contributed by atoms with van der Waals surface area (Å²) in [7, 11) is 1.37. The second-order valence-electron chi connectivity index (χ2n) is 8.67. The lowest BCUT2D eigenvalue weighted by atomic mass is 9.69. The van der Waals surface area contributed by atoms with Crippen molar-refractivity contribution in [2.45, 2.75) is 46.5 Å². The second-order valence-corrected chi connectivity index (χ2v) is 9.76. The molecule has 31 heavy (non-hydrogen) atoms. The fourth-order valence-electron chi connectivity index (χ4n) is 4.14. The van der Waals surface area contributed by atoms with E-state index in [-0.39, 0.29) is 5.97 Å². The summed E-state index contributed by atoms with van der Waals surface area (Å²) in [5.41, 5.74) is 6.22. The van der Waals surface area contributed by atoms with Gasteiger partial charge in [-0.1, -0.05) is 39.3 Å². The second kappa shape index (κ2) is 8.75. The first-order valence-electron chi connectivity index (χ1n) is 10.7. The fourth-order valence-corrected chi connectivity index (χ4v) is 5.32. The average Bonchev–Trinajstić information content (AvgIpc) is 3.17. The van der Waals surface area contributed by atoms with Gasteiger partial charge in [-0.2, -0.15) is 5.10 Å². The van der Waals surface area contributed by atoms with Crippen molar-refractivity contribution in [1.29, 1.82) is 0 Å². The zero-order chi connectivity index (χ0) is 22.0. The summed E-state index contributed by atoms with van der Waals surface area (Å²) in [6.07, 6.45) is 7.90. The Hall–Kier alpha value is -2.80. The number of aromatic nitrogens is 2. The molecule has 0 saturated heterocycles. The van der Waals surface area contributed by atoms with E-state index in [0.717, 1.165) is 34.4 Å². The molecular formula is C24H28N4O2S. The van der Waals surface area contributed by atoms with Crippen LogP contribution in [-0.2, 0) is 17.6 Å². The Morgan fingerprint density at radius 1 is 1.32 bits per heavy atom. The van der Waals surface area contributed by atoms with E-state index >= 15 is 0 Å². The molecule has 0 bridgehead atoms. The van der Waals surface area contributed by atoms with Crippen LogP contribution in [0.3, 0.4) is 0 Å². The highest BCUT2D eigenvalue weighted by Gasteiger charge is 2.33. The van der Waals surface area contributed by atoms with E-state index in [1.165, 1.54) is 30.4 Å². The molecule has 4 rings (SSSR count). The van der Waals surface area contributed by atoms with Gasteiger partial charge in [-0.25, -0.2) is 14.8 Å². The maximum atomic E-state index is 11.6. The minimum absolute atomic E-state index is 0.323. The highest BCUT2D eigenvalue weighted by Crippen LogP contribution is 2.45. The summed E-state index contributed by atoms with van der Waals surface area (Å²) in [5.74, 6) is 1.06. The van der Waals surface area contributed by atoms with E-state index in [1.54, 1.807) is 36.0 Å². The molecule has 0 saturated carbocycles. The van der Waals surface area contributed by atoms with E-state index in [4.69, 9.17) is 4.74 Å². The lowest BCUT2D eigenvalue weighted by molar-refractivity contribution is 0.0600. The van der Waals surface area contributed by atoms with Gasteiger partial charge in [-0.3, -0.25) is 5.43 Å². The number of nitrogens with zero attached hydrogens (tertiary/aromatic N) is 3. The molecule has 2 heterocycles. The number of fused-ring (bicyclic) bond motifs is 3. The third-order valence-corrected chi connectivity index (χ3v) is 7.77. The molecule has 0 amide bonds. The van der Waals surface area contributed by atoms with Gasteiger partial charge in [0.15, 0.2) is 5.82 Å². The van der Waals surface area contributed by atoms with Crippen LogP contribution in [0.15, 0.2) is 35.7 Å². The number of hydrazone groups is 1. The van der Waals surface area contributed by atoms with Gasteiger partial charge in [-0.15, -0.1) is 11.3 Å². The van der Waals surface area contributed by atoms with E-state index in [2.05, 4.69) is 41.3 Å². The molecule has 0 spiro atoms. The van der Waals surface area contributed by atoms with Crippen LogP contribution in [0.25, 0.3) is 10.2 Å². The molecule has 3 aromatic rings. The quantitative estimate of drug-likeness (QED) is 0.315. The number of rotatable bonds is 6. The molecule has 1 aliphatic rings. The van der Waals surface area contributed by atoms with Crippen molar-refractivity contribution in [2.75, 3.05) is 12.5 Å². The Morgan fingerprint density at radius 2 is 2.10 bits per heavy atom. The molecule has 2 aromatic heterocycles. The number of carbonyl (C=O) groups excluding carboxylic acids is 1. The number of esters is 1. The lowest BCUT2D eigenvalue weighted by Crippen LogP contribution is -2.28. The summed E-state index contributed by atoms with van der Waals surface area (Å²) < 4.78 is 4.73. The molecule has 1 aromatic carbocycles. The Kier molecular flexibility index (Phi) is 6.05. The van der Waals surface area contributed by atoms with Crippen molar-refractivity contribution in [2.24, 2.45) is 16.4 Å². The molecule has 6 nitrogen and oxygen atoms in total. The first kappa shape index (κ1) is 21.4. The van der Waals surface area contributed by atoms with Gasteiger partial charge in [-0.05, 0) is 53.9 Å². The van der Waals surface area contributed by atoms with Crippen molar-refractivity contribution < 1.29 is 9.53 Å². The summed E-state index contributed by atoms with van der Waals surface area (Å²) in [6.45, 7) is 7.04. The number of nitrogens with one attached hydrogen (secondary N) is 1. The maximum Gasteiger partial charge on any atom is 0.337 e. The highest BCUT2D eigenvalue weighted by molar-refractivity contribution is 7.19. The number of methoxy groups -OCH3 is 1. The average molecular weight is 437 g/mol. The Labute approximate surface area is 186 Å². The highest BCUT2D eigenvalue weighted by atomic mass is 32.1. The maximum absolute atomic E-state index is 11.6. The number of hydrogen-bond acceptors (Lipinski definition) is 7. The van der Waals surface area contributed by atoms with Crippen molar-refractivity contribution in [3.63, 3.8) is 0 Å². The largest absolute Gasteiger partial charge is 0.465 e. The summed E-state index contributed by atoms with van der Waals surface area (Å²) >= 11 is 1.78. The minimum Gasteiger partial charge on any atom is -0.465 e. The molecule has 0 aliphatic heterocycles. The van der Waals surface area contributed by atoms with Gasteiger partial charge < -0.3 is 4.74 Å². The number of ether oxygens (including phenoxy) is 1. The Morgan fingerprint density at radius 3 is 2.81 bits per heavy atom. The van der Waals surface area contributed by atoms with Crippen LogP contribution in [0.2, 0.25) is 0 Å². The van der Waals surface area contributed by atoms with Crippen LogP contribution < -0.4 is 5.43 Å². The van der Waals surface area contributed by atoms with Gasteiger partial charge in [0.25, 0.3) is 0 Å². The van der Waals surface area contributed by atoms with Crippen molar-refractivity contribution in [3.8, 4) is 0 Å². The number of carbonyl (C=O) groups is 1. The summed E-state index contributed by atoms with van der Waals surface area (Å²) in [5, 5.41) is 5.50. The van der Waals surface area contributed by atoms with E-state index in [0.29, 0.717) is 16.9 Å². The predicted molar refractivity (Wildman–Crippen MR) is 126 cm³/mol. The predicted octanol–water partition coefficient (Wildman–Crippen LogP) is 5.47. The van der Waals surface area contributed by atoms with E-state index in [1.807, 2.05) is 12.1 Å². The number of benzene rings is 1. The normalized spacial score (nSPS) is 16.5. The molecule has 1 aliphatic carbocycles. The van der Waals surface area contributed by atoms with Crippen LogP contribution in [-0.4, -0.2) is 29.3 Å². The standard InChI is InChI=1S/C24H28N4O2S/c1-5-24(2,3)17-10-11-19-18(12-17)20-21(25-14-26-22(20)31-19)28-27-13-15-6-8-16(9-7-15)23(29)30-4/h6-9,13-14,17H,5,10-12H2,1-4H3,(H,25,26,28)/b27-13-/t17-/m0/s1. The van der Waals surface area contributed by atoms with Crippen molar-refractivity contribution in [3.05, 3.63) is 52.2 Å². The third kappa shape index (κ3) is 4.32. The molecule has 7 heteroatoms. The Balaban J connectivity index is 1.57. The number of thiophene rings is 1. The zero-order valence-corrected chi connectivity index (χ0v) is 19.3. The number of aryl methyl sites for hydroxylation is 1. The Bertz CT molecular complexity index is 1120.